The van der Waals surface area contributed by atoms with Gasteiger partial charge in [0.25, 0.3) is 0 Å². The first kappa shape index (κ1) is 23.6. The van der Waals surface area contributed by atoms with Crippen molar-refractivity contribution in [1.29, 1.82) is 0 Å². The third kappa shape index (κ3) is 3.20. The van der Waals surface area contributed by atoms with Crippen molar-refractivity contribution in [1.82, 2.24) is 0 Å². The number of allylic oxidation sites excluding steroid dienone is 2. The minimum absolute atomic E-state index is 0.00801. The van der Waals surface area contributed by atoms with Crippen LogP contribution in [-0.2, 0) is 14.3 Å². The van der Waals surface area contributed by atoms with Crippen molar-refractivity contribution in [2.24, 2.45) is 46.3 Å². The van der Waals surface area contributed by atoms with E-state index in [4.69, 9.17) is 9.47 Å². The third-order valence-electron chi connectivity index (χ3n) is 11.4. The van der Waals surface area contributed by atoms with Gasteiger partial charge in [0.05, 0.1) is 11.2 Å². The largest absolute Gasteiger partial charge is 0.462 e. The highest BCUT2D eigenvalue weighted by molar-refractivity contribution is 5.66. The van der Waals surface area contributed by atoms with Crippen LogP contribution >= 0.6 is 0 Å². The molecule has 4 fully saturated rings. The lowest BCUT2D eigenvalue weighted by atomic mass is 9.46. The van der Waals surface area contributed by atoms with Gasteiger partial charge < -0.3 is 9.47 Å². The normalized spacial score (nSPS) is 49.7. The van der Waals surface area contributed by atoms with Crippen molar-refractivity contribution < 1.29 is 14.3 Å². The molecule has 10 atom stereocenters. The van der Waals surface area contributed by atoms with Crippen molar-refractivity contribution in [2.75, 3.05) is 0 Å². The molecule has 3 nitrogen and oxygen atoms in total. The van der Waals surface area contributed by atoms with Crippen molar-refractivity contribution in [2.45, 2.75) is 111 Å². The fourth-order valence-electron chi connectivity index (χ4n) is 9.27. The molecule has 0 aromatic carbocycles. The Kier molecular flexibility index (Phi) is 5.52. The number of rotatable bonds is 5. The van der Waals surface area contributed by atoms with E-state index in [0.29, 0.717) is 35.0 Å². The molecule has 0 radical (unpaired) electrons. The lowest BCUT2D eigenvalue weighted by Gasteiger charge is -2.56. The van der Waals surface area contributed by atoms with Gasteiger partial charge in [0, 0.05) is 24.7 Å². The smallest absolute Gasteiger partial charge is 0.302 e. The Morgan fingerprint density at radius 3 is 2.45 bits per heavy atom. The molecule has 0 amide bonds. The summed E-state index contributed by atoms with van der Waals surface area (Å²) in [4.78, 5) is 11.7. The van der Waals surface area contributed by atoms with Crippen LogP contribution in [0.15, 0.2) is 24.3 Å². The maximum Gasteiger partial charge on any atom is 0.302 e. The Bertz CT molecular complexity index is 859. The molecule has 3 saturated carbocycles. The number of hydrogen-bond acceptors (Lipinski definition) is 3. The van der Waals surface area contributed by atoms with Gasteiger partial charge in [-0.3, -0.25) is 4.79 Å². The van der Waals surface area contributed by atoms with E-state index in [1.807, 2.05) is 0 Å². The molecular weight excluding hydrogens is 408 g/mol. The molecule has 2 spiro atoms. The van der Waals surface area contributed by atoms with Crippen LogP contribution in [0.4, 0.5) is 0 Å². The number of esters is 1. The zero-order valence-corrected chi connectivity index (χ0v) is 22.0. The molecule has 0 aromatic rings. The Morgan fingerprint density at radius 1 is 1.00 bits per heavy atom. The van der Waals surface area contributed by atoms with Crippen LogP contribution in [0.1, 0.15) is 93.4 Å². The van der Waals surface area contributed by atoms with E-state index in [1.54, 1.807) is 0 Å². The quantitative estimate of drug-likeness (QED) is 0.328. The van der Waals surface area contributed by atoms with Crippen molar-refractivity contribution in [3.63, 3.8) is 0 Å². The summed E-state index contributed by atoms with van der Waals surface area (Å²) in [6.45, 7) is 16.0. The fraction of sp³-hybridized carbons (Fsp3) is 0.833. The highest BCUT2D eigenvalue weighted by atomic mass is 16.6. The molecule has 3 heteroatoms. The summed E-state index contributed by atoms with van der Waals surface area (Å²) in [7, 11) is 0. The molecule has 33 heavy (non-hydrogen) atoms. The molecule has 5 aliphatic rings. The van der Waals surface area contributed by atoms with Gasteiger partial charge in [0.2, 0.25) is 0 Å². The van der Waals surface area contributed by atoms with Gasteiger partial charge in [-0.25, -0.2) is 0 Å². The summed E-state index contributed by atoms with van der Waals surface area (Å²) < 4.78 is 13.0. The van der Waals surface area contributed by atoms with Crippen LogP contribution in [0, 0.1) is 46.3 Å². The molecule has 184 valence electrons. The van der Waals surface area contributed by atoms with E-state index in [1.165, 1.54) is 32.6 Å². The monoisotopic (exact) mass is 454 g/mol. The van der Waals surface area contributed by atoms with Gasteiger partial charge >= 0.3 is 5.97 Å². The molecule has 0 aromatic heterocycles. The lowest BCUT2D eigenvalue weighted by molar-refractivity contribution is -0.163. The summed E-state index contributed by atoms with van der Waals surface area (Å²) in [6, 6.07) is 0. The summed E-state index contributed by atoms with van der Waals surface area (Å²) in [5.74, 6) is 3.70. The van der Waals surface area contributed by atoms with Crippen LogP contribution in [0.25, 0.3) is 0 Å². The average molecular weight is 455 g/mol. The molecule has 5 rings (SSSR count). The number of carbonyl (C=O) groups is 1. The number of ether oxygens (including phenoxy) is 2. The molecule has 0 N–H and O–H groups in total. The molecule has 2 heterocycles. The third-order valence-corrected chi connectivity index (χ3v) is 11.4. The Labute approximate surface area is 201 Å². The molecule has 1 saturated heterocycles. The van der Waals surface area contributed by atoms with E-state index in [0.717, 1.165) is 25.2 Å². The van der Waals surface area contributed by atoms with Gasteiger partial charge in [-0.2, -0.15) is 0 Å². The predicted molar refractivity (Wildman–Crippen MR) is 133 cm³/mol. The Hall–Kier alpha value is -1.09. The standard InChI is InChI=1S/C30H46O3/c1-19(2)20(3)8-9-21(4)24-10-11-25-27(24,6)14-13-26-28(7)15-12-23(32-22(5)31)18-29(28)16-17-30(25,26)33-29/h8-9,16-17,19-21,23-26H,10-15,18H2,1-7H3/b9-8+/t20-,21?,23-,24+,25+,26+,27+,28+,29+,30-/m0/s1. The summed E-state index contributed by atoms with van der Waals surface area (Å²) in [5.41, 5.74) is 0.125. The zero-order chi connectivity index (χ0) is 23.8. The van der Waals surface area contributed by atoms with Gasteiger partial charge in [-0.05, 0) is 73.5 Å². The van der Waals surface area contributed by atoms with E-state index in [-0.39, 0.29) is 28.7 Å². The summed E-state index contributed by atoms with van der Waals surface area (Å²) in [5, 5.41) is 0. The maximum absolute atomic E-state index is 11.7. The first-order valence-electron chi connectivity index (χ1n) is 13.7. The molecule has 2 aliphatic heterocycles. The number of fused-ring (bicyclic) bond motifs is 2. The molecule has 1 unspecified atom stereocenters. The second-order valence-electron chi connectivity index (χ2n) is 13.3. The lowest BCUT2D eigenvalue weighted by Crippen LogP contribution is -2.57. The van der Waals surface area contributed by atoms with Gasteiger partial charge in [-0.1, -0.05) is 65.8 Å². The van der Waals surface area contributed by atoms with Crippen LogP contribution < -0.4 is 0 Å². The highest BCUT2D eigenvalue weighted by Gasteiger charge is 2.76. The maximum atomic E-state index is 11.7. The first-order chi connectivity index (χ1) is 15.5. The molecule has 2 bridgehead atoms. The van der Waals surface area contributed by atoms with Gasteiger partial charge in [0.15, 0.2) is 0 Å². The summed E-state index contributed by atoms with van der Waals surface area (Å²) >= 11 is 0. The molecular formula is C30H46O3. The predicted octanol–water partition coefficient (Wildman–Crippen LogP) is 7.11. The SMILES string of the molecule is CC(=O)O[C@H]1CC[C@]2(C)[C@H]3CC[C@]4(C)[C@@H](C(C)/C=C/[C@H](C)C(C)C)CC[C@H]4[C@@]34C=C[C@]2(C1)O4. The van der Waals surface area contributed by atoms with E-state index in [2.05, 4.69) is 65.8 Å². The average Bonchev–Trinajstić information content (AvgIpc) is 3.35. The van der Waals surface area contributed by atoms with Gasteiger partial charge in [0.1, 0.15) is 6.10 Å². The first-order valence-corrected chi connectivity index (χ1v) is 13.7. The van der Waals surface area contributed by atoms with Crippen molar-refractivity contribution in [3.8, 4) is 0 Å². The Morgan fingerprint density at radius 2 is 1.76 bits per heavy atom. The topological polar surface area (TPSA) is 35.5 Å². The second kappa shape index (κ2) is 7.70. The highest BCUT2D eigenvalue weighted by Crippen LogP contribution is 2.75. The van der Waals surface area contributed by atoms with Crippen molar-refractivity contribution in [3.05, 3.63) is 24.3 Å². The van der Waals surface area contributed by atoms with Gasteiger partial charge in [-0.15, -0.1) is 0 Å². The van der Waals surface area contributed by atoms with Crippen LogP contribution in [0.5, 0.6) is 0 Å². The zero-order valence-electron chi connectivity index (χ0n) is 22.0. The Balaban J connectivity index is 1.41. The number of hydrogen-bond donors (Lipinski definition) is 0. The summed E-state index contributed by atoms with van der Waals surface area (Å²) in [6.07, 6.45) is 18.0. The van der Waals surface area contributed by atoms with E-state index < -0.39 is 0 Å². The van der Waals surface area contributed by atoms with Crippen LogP contribution in [-0.4, -0.2) is 23.3 Å². The number of carbonyl (C=O) groups excluding carboxylic acids is 1. The van der Waals surface area contributed by atoms with Crippen molar-refractivity contribution >= 4 is 5.97 Å². The minimum atomic E-state index is -0.252. The van der Waals surface area contributed by atoms with E-state index in [9.17, 15) is 4.79 Å². The van der Waals surface area contributed by atoms with Crippen LogP contribution in [0.2, 0.25) is 0 Å². The van der Waals surface area contributed by atoms with E-state index >= 15 is 0 Å². The minimum Gasteiger partial charge on any atom is -0.462 e. The fourth-order valence-corrected chi connectivity index (χ4v) is 9.27. The molecule has 3 aliphatic carbocycles. The van der Waals surface area contributed by atoms with Crippen LogP contribution in [0.3, 0.4) is 0 Å². The second-order valence-corrected chi connectivity index (χ2v) is 13.3.